The van der Waals surface area contributed by atoms with E-state index >= 15 is 0 Å². The summed E-state index contributed by atoms with van der Waals surface area (Å²) in [5.41, 5.74) is 2.73. The summed E-state index contributed by atoms with van der Waals surface area (Å²) >= 11 is 12.8. The van der Waals surface area contributed by atoms with Gasteiger partial charge >= 0.3 is 0 Å². The fraction of sp³-hybridized carbons (Fsp3) is 0.462. The fourth-order valence-corrected chi connectivity index (χ4v) is 4.90. The van der Waals surface area contributed by atoms with Crippen LogP contribution >= 0.6 is 23.2 Å². The molecule has 178 valence electrons. The van der Waals surface area contributed by atoms with Gasteiger partial charge in [0.2, 0.25) is 5.91 Å². The summed E-state index contributed by atoms with van der Waals surface area (Å²) in [5, 5.41) is 4.05. The van der Waals surface area contributed by atoms with Crippen LogP contribution < -0.4 is 10.1 Å². The highest BCUT2D eigenvalue weighted by Crippen LogP contribution is 2.27. The van der Waals surface area contributed by atoms with Crippen LogP contribution in [-0.4, -0.2) is 35.4 Å². The maximum atomic E-state index is 13.4. The number of rotatable bonds is 9. The van der Waals surface area contributed by atoms with Gasteiger partial charge < -0.3 is 15.0 Å². The summed E-state index contributed by atoms with van der Waals surface area (Å²) in [5.74, 6) is 0.186. The van der Waals surface area contributed by atoms with E-state index in [0.29, 0.717) is 27.8 Å². The van der Waals surface area contributed by atoms with Gasteiger partial charge in [-0.25, -0.2) is 0 Å². The van der Waals surface area contributed by atoms with Crippen molar-refractivity contribution >= 4 is 35.0 Å². The van der Waals surface area contributed by atoms with E-state index in [1.54, 1.807) is 23.1 Å². The SMILES string of the molecule is CC[C@H](C(=O)NC1CCCC1)N(Cc1c(Cl)cccc1Cl)C(=O)COc1cc(C)cc(C)c1. The average molecular weight is 491 g/mol. The molecule has 1 aliphatic rings. The third kappa shape index (κ3) is 6.87. The van der Waals surface area contributed by atoms with E-state index in [9.17, 15) is 9.59 Å². The Balaban J connectivity index is 1.82. The van der Waals surface area contributed by atoms with Gasteiger partial charge in [0.25, 0.3) is 5.91 Å². The predicted molar refractivity (Wildman–Crippen MR) is 133 cm³/mol. The van der Waals surface area contributed by atoms with Crippen LogP contribution in [0.2, 0.25) is 10.0 Å². The van der Waals surface area contributed by atoms with Crippen molar-refractivity contribution < 1.29 is 14.3 Å². The standard InChI is InChI=1S/C26H32Cl2N2O3/c1-4-24(26(32)29-19-8-5-6-9-19)30(15-21-22(27)10-7-11-23(21)28)25(31)16-33-20-13-17(2)12-18(3)14-20/h7,10-14,19,24H,4-6,8-9,15-16H2,1-3H3,(H,29,32)/t24-/m1/s1. The maximum Gasteiger partial charge on any atom is 0.261 e. The number of hydrogen-bond acceptors (Lipinski definition) is 3. The number of nitrogens with zero attached hydrogens (tertiary/aromatic N) is 1. The van der Waals surface area contributed by atoms with Gasteiger partial charge in [0, 0.05) is 28.2 Å². The van der Waals surface area contributed by atoms with E-state index in [1.807, 2.05) is 39.0 Å². The lowest BCUT2D eigenvalue weighted by molar-refractivity contribution is -0.143. The highest BCUT2D eigenvalue weighted by Gasteiger charge is 2.31. The molecule has 1 N–H and O–H groups in total. The number of carbonyl (C=O) groups excluding carboxylic acids is 2. The summed E-state index contributed by atoms with van der Waals surface area (Å²) in [7, 11) is 0. The first-order valence-corrected chi connectivity index (χ1v) is 12.3. The molecule has 7 heteroatoms. The molecule has 2 aromatic rings. The fourth-order valence-electron chi connectivity index (χ4n) is 4.38. The Hall–Kier alpha value is -2.24. The second-order valence-electron chi connectivity index (χ2n) is 8.75. The van der Waals surface area contributed by atoms with Crippen LogP contribution in [-0.2, 0) is 16.1 Å². The molecule has 0 aliphatic heterocycles. The van der Waals surface area contributed by atoms with Crippen molar-refractivity contribution in [3.63, 3.8) is 0 Å². The monoisotopic (exact) mass is 490 g/mol. The molecule has 0 bridgehead atoms. The minimum absolute atomic E-state index is 0.129. The van der Waals surface area contributed by atoms with E-state index in [-0.39, 0.29) is 31.0 Å². The van der Waals surface area contributed by atoms with Gasteiger partial charge in [0.05, 0.1) is 0 Å². The molecule has 2 amide bonds. The first-order valence-electron chi connectivity index (χ1n) is 11.5. The van der Waals surface area contributed by atoms with Crippen LogP contribution in [0.1, 0.15) is 55.7 Å². The third-order valence-corrected chi connectivity index (χ3v) is 6.74. The molecule has 33 heavy (non-hydrogen) atoms. The molecule has 2 aromatic carbocycles. The quantitative estimate of drug-likeness (QED) is 0.479. The van der Waals surface area contributed by atoms with Gasteiger partial charge in [0.1, 0.15) is 11.8 Å². The van der Waals surface area contributed by atoms with E-state index in [1.165, 1.54) is 0 Å². The molecule has 5 nitrogen and oxygen atoms in total. The van der Waals surface area contributed by atoms with Crippen molar-refractivity contribution in [2.75, 3.05) is 6.61 Å². The van der Waals surface area contributed by atoms with Crippen LogP contribution in [0.5, 0.6) is 5.75 Å². The van der Waals surface area contributed by atoms with Gasteiger partial charge in [-0.3, -0.25) is 9.59 Å². The highest BCUT2D eigenvalue weighted by atomic mass is 35.5. The van der Waals surface area contributed by atoms with Crippen molar-refractivity contribution in [2.24, 2.45) is 0 Å². The average Bonchev–Trinajstić information content (AvgIpc) is 3.26. The molecule has 0 spiro atoms. The van der Waals surface area contributed by atoms with Gasteiger partial charge in [-0.15, -0.1) is 0 Å². The zero-order chi connectivity index (χ0) is 24.0. The Kier molecular flexibility index (Phi) is 9.04. The molecule has 1 fully saturated rings. The van der Waals surface area contributed by atoms with Crippen molar-refractivity contribution in [1.29, 1.82) is 0 Å². The Morgan fingerprint density at radius 2 is 1.70 bits per heavy atom. The topological polar surface area (TPSA) is 58.6 Å². The molecular weight excluding hydrogens is 459 g/mol. The second kappa shape index (κ2) is 11.8. The van der Waals surface area contributed by atoms with Gasteiger partial charge in [0.15, 0.2) is 6.61 Å². The minimum atomic E-state index is -0.645. The Bertz CT molecular complexity index is 949. The van der Waals surface area contributed by atoms with E-state index < -0.39 is 6.04 Å². The summed E-state index contributed by atoms with van der Waals surface area (Å²) < 4.78 is 5.83. The summed E-state index contributed by atoms with van der Waals surface area (Å²) in [6.45, 7) is 5.81. The van der Waals surface area contributed by atoms with Gasteiger partial charge in [-0.05, 0) is 68.5 Å². The largest absolute Gasteiger partial charge is 0.484 e. The Labute approximate surface area is 206 Å². The zero-order valence-corrected chi connectivity index (χ0v) is 21.0. The summed E-state index contributed by atoms with van der Waals surface area (Å²) in [4.78, 5) is 28.1. The molecule has 0 heterocycles. The molecule has 1 saturated carbocycles. The van der Waals surface area contributed by atoms with Crippen molar-refractivity contribution in [2.45, 2.75) is 71.5 Å². The first-order chi connectivity index (χ1) is 15.8. The molecular formula is C26H32Cl2N2O3. The van der Waals surface area contributed by atoms with Crippen LogP contribution in [0.3, 0.4) is 0 Å². The van der Waals surface area contributed by atoms with Crippen LogP contribution in [0.25, 0.3) is 0 Å². The van der Waals surface area contributed by atoms with E-state index in [4.69, 9.17) is 27.9 Å². The van der Waals surface area contributed by atoms with E-state index in [0.717, 1.165) is 36.8 Å². The lowest BCUT2D eigenvalue weighted by atomic mass is 10.1. The summed E-state index contributed by atoms with van der Waals surface area (Å²) in [6.07, 6.45) is 4.65. The lowest BCUT2D eigenvalue weighted by Gasteiger charge is -2.32. The molecule has 0 radical (unpaired) electrons. The van der Waals surface area contributed by atoms with Gasteiger partial charge in [-0.2, -0.15) is 0 Å². The first kappa shape index (κ1) is 25.4. The Morgan fingerprint density at radius 1 is 1.09 bits per heavy atom. The van der Waals surface area contributed by atoms with E-state index in [2.05, 4.69) is 5.32 Å². The van der Waals surface area contributed by atoms with Crippen molar-refractivity contribution in [3.8, 4) is 5.75 Å². The lowest BCUT2D eigenvalue weighted by Crippen LogP contribution is -2.52. The predicted octanol–water partition coefficient (Wildman–Crippen LogP) is 5.86. The second-order valence-corrected chi connectivity index (χ2v) is 9.56. The molecule has 0 saturated heterocycles. The number of hydrogen-bond donors (Lipinski definition) is 1. The smallest absolute Gasteiger partial charge is 0.261 e. The maximum absolute atomic E-state index is 13.4. The molecule has 3 rings (SSSR count). The minimum Gasteiger partial charge on any atom is -0.484 e. The number of amides is 2. The Morgan fingerprint density at radius 3 is 2.27 bits per heavy atom. The summed E-state index contributed by atoms with van der Waals surface area (Å²) in [6, 6.07) is 10.6. The molecule has 0 aromatic heterocycles. The van der Waals surface area contributed by atoms with Crippen molar-refractivity contribution in [1.82, 2.24) is 10.2 Å². The van der Waals surface area contributed by atoms with Gasteiger partial charge in [-0.1, -0.05) is 55.1 Å². The number of carbonyl (C=O) groups is 2. The third-order valence-electron chi connectivity index (χ3n) is 6.04. The van der Waals surface area contributed by atoms with Crippen LogP contribution in [0, 0.1) is 13.8 Å². The molecule has 1 atom stereocenters. The zero-order valence-electron chi connectivity index (χ0n) is 19.5. The van der Waals surface area contributed by atoms with Crippen LogP contribution in [0.15, 0.2) is 36.4 Å². The number of benzene rings is 2. The number of aryl methyl sites for hydroxylation is 2. The van der Waals surface area contributed by atoms with Crippen LogP contribution in [0.4, 0.5) is 0 Å². The number of ether oxygens (including phenoxy) is 1. The highest BCUT2D eigenvalue weighted by molar-refractivity contribution is 6.36. The number of halogens is 2. The molecule has 1 aliphatic carbocycles. The number of nitrogens with one attached hydrogen (secondary N) is 1. The normalized spacial score (nSPS) is 14.7. The molecule has 0 unspecified atom stereocenters. The van der Waals surface area contributed by atoms with Crippen molar-refractivity contribution in [3.05, 3.63) is 63.1 Å².